The third-order valence-electron chi connectivity index (χ3n) is 5.62. The van der Waals surface area contributed by atoms with E-state index in [9.17, 15) is 14.0 Å². The zero-order valence-corrected chi connectivity index (χ0v) is 18.4. The Morgan fingerprint density at radius 2 is 1.73 bits per heavy atom. The average Bonchev–Trinajstić information content (AvgIpc) is 3.28. The van der Waals surface area contributed by atoms with Gasteiger partial charge in [-0.1, -0.05) is 18.2 Å². The van der Waals surface area contributed by atoms with Gasteiger partial charge in [0.2, 0.25) is 11.8 Å². The molecule has 0 spiro atoms. The van der Waals surface area contributed by atoms with E-state index >= 15 is 0 Å². The van der Waals surface area contributed by atoms with Crippen LogP contribution in [0.4, 0.5) is 4.39 Å². The van der Waals surface area contributed by atoms with E-state index in [-0.39, 0.29) is 17.6 Å². The SMILES string of the molecule is CNC(=O)CN1CCN(C(=O)C=Cc2cn(-c3ccccc3)nc2-c2ccc(F)cc2)CC1. The molecule has 2 heterocycles. The van der Waals surface area contributed by atoms with Gasteiger partial charge in [-0.25, -0.2) is 9.07 Å². The number of likely N-dealkylation sites (N-methyl/N-ethyl adjacent to an activating group) is 1. The molecule has 1 aliphatic rings. The van der Waals surface area contributed by atoms with Crippen molar-refractivity contribution < 1.29 is 14.0 Å². The van der Waals surface area contributed by atoms with Crippen LogP contribution in [0.2, 0.25) is 0 Å². The third kappa shape index (κ3) is 5.53. The number of nitrogens with one attached hydrogen (secondary N) is 1. The number of nitrogens with zero attached hydrogens (tertiary/aromatic N) is 4. The van der Waals surface area contributed by atoms with Gasteiger partial charge in [0.25, 0.3) is 0 Å². The quantitative estimate of drug-likeness (QED) is 0.590. The molecular weight excluding hydrogens is 421 g/mol. The van der Waals surface area contributed by atoms with Crippen LogP contribution in [0.1, 0.15) is 5.56 Å². The molecule has 1 aliphatic heterocycles. The van der Waals surface area contributed by atoms with E-state index in [1.807, 2.05) is 41.4 Å². The summed E-state index contributed by atoms with van der Waals surface area (Å²) in [6.07, 6.45) is 5.16. The van der Waals surface area contributed by atoms with Gasteiger partial charge in [-0.05, 0) is 42.5 Å². The molecule has 0 radical (unpaired) electrons. The van der Waals surface area contributed by atoms with Gasteiger partial charge in [-0.2, -0.15) is 5.10 Å². The van der Waals surface area contributed by atoms with E-state index in [4.69, 9.17) is 0 Å². The number of carbonyl (C=O) groups excluding carboxylic acids is 2. The average molecular weight is 448 g/mol. The minimum atomic E-state index is -0.316. The van der Waals surface area contributed by atoms with Crippen molar-refractivity contribution in [3.8, 4) is 16.9 Å². The lowest BCUT2D eigenvalue weighted by atomic mass is 10.1. The Bertz CT molecular complexity index is 1130. The fourth-order valence-electron chi connectivity index (χ4n) is 3.73. The maximum absolute atomic E-state index is 13.4. The highest BCUT2D eigenvalue weighted by Gasteiger charge is 2.21. The second kappa shape index (κ2) is 10.2. The minimum Gasteiger partial charge on any atom is -0.358 e. The first-order valence-corrected chi connectivity index (χ1v) is 10.8. The molecule has 1 fully saturated rings. The van der Waals surface area contributed by atoms with Crippen molar-refractivity contribution in [1.29, 1.82) is 0 Å². The predicted molar refractivity (Wildman–Crippen MR) is 125 cm³/mol. The van der Waals surface area contributed by atoms with Crippen LogP contribution < -0.4 is 5.32 Å². The number of halogens is 1. The molecule has 8 heteroatoms. The molecule has 0 bridgehead atoms. The summed E-state index contributed by atoms with van der Waals surface area (Å²) in [7, 11) is 1.62. The van der Waals surface area contributed by atoms with Crippen molar-refractivity contribution >= 4 is 17.9 Å². The van der Waals surface area contributed by atoms with E-state index in [2.05, 4.69) is 10.4 Å². The summed E-state index contributed by atoms with van der Waals surface area (Å²) >= 11 is 0. The number of amides is 2. The Morgan fingerprint density at radius 1 is 1.03 bits per heavy atom. The van der Waals surface area contributed by atoms with E-state index in [1.165, 1.54) is 12.1 Å². The first kappa shape index (κ1) is 22.4. The molecule has 1 saturated heterocycles. The minimum absolute atomic E-state index is 0.0292. The molecule has 4 rings (SSSR count). The van der Waals surface area contributed by atoms with Crippen LogP contribution in [0.15, 0.2) is 66.9 Å². The molecule has 33 heavy (non-hydrogen) atoms. The standard InChI is InChI=1S/C25H26FN5O2/c1-27-23(32)18-29-13-15-30(16-14-29)24(33)12-9-20-17-31(22-5-3-2-4-6-22)28-25(20)19-7-10-21(26)11-8-19/h2-12,17H,13-16,18H2,1H3,(H,27,32). The van der Waals surface area contributed by atoms with E-state index in [0.717, 1.165) is 16.8 Å². The first-order valence-electron chi connectivity index (χ1n) is 10.8. The van der Waals surface area contributed by atoms with Crippen molar-refractivity contribution in [2.75, 3.05) is 39.8 Å². The number of rotatable bonds is 6. The summed E-state index contributed by atoms with van der Waals surface area (Å²) in [5, 5.41) is 7.31. The van der Waals surface area contributed by atoms with Gasteiger partial charge in [0.05, 0.1) is 17.9 Å². The molecule has 0 atom stereocenters. The molecule has 2 amide bonds. The third-order valence-corrected chi connectivity index (χ3v) is 5.62. The summed E-state index contributed by atoms with van der Waals surface area (Å²) in [6, 6.07) is 15.8. The van der Waals surface area contributed by atoms with Crippen LogP contribution in [-0.2, 0) is 9.59 Å². The maximum Gasteiger partial charge on any atom is 0.246 e. The van der Waals surface area contributed by atoms with E-state index in [0.29, 0.717) is 38.4 Å². The molecule has 3 aromatic rings. The summed E-state index contributed by atoms with van der Waals surface area (Å²) in [6.45, 7) is 2.77. The van der Waals surface area contributed by atoms with Gasteiger partial charge in [0, 0.05) is 56.6 Å². The Kier molecular flexibility index (Phi) is 6.95. The summed E-state index contributed by atoms with van der Waals surface area (Å²) in [5.41, 5.74) is 3.08. The molecule has 0 aliphatic carbocycles. The molecule has 1 aromatic heterocycles. The van der Waals surface area contributed by atoms with Gasteiger partial charge in [0.1, 0.15) is 5.82 Å². The second-order valence-corrected chi connectivity index (χ2v) is 7.83. The number of carbonyl (C=O) groups is 2. The van der Waals surface area contributed by atoms with Gasteiger partial charge < -0.3 is 10.2 Å². The molecule has 0 unspecified atom stereocenters. The summed E-state index contributed by atoms with van der Waals surface area (Å²) in [4.78, 5) is 28.1. The molecule has 2 aromatic carbocycles. The number of para-hydroxylation sites is 1. The number of aromatic nitrogens is 2. The van der Waals surface area contributed by atoms with Gasteiger partial charge >= 0.3 is 0 Å². The van der Waals surface area contributed by atoms with Crippen molar-refractivity contribution in [3.63, 3.8) is 0 Å². The first-order chi connectivity index (χ1) is 16.0. The maximum atomic E-state index is 13.4. The van der Waals surface area contributed by atoms with Crippen molar-refractivity contribution in [3.05, 3.63) is 78.3 Å². The molecule has 1 N–H and O–H groups in total. The van der Waals surface area contributed by atoms with Crippen molar-refractivity contribution in [1.82, 2.24) is 24.9 Å². The van der Waals surface area contributed by atoms with E-state index in [1.54, 1.807) is 40.9 Å². The molecular formula is C25H26FN5O2. The second-order valence-electron chi connectivity index (χ2n) is 7.83. The van der Waals surface area contributed by atoms with Crippen molar-refractivity contribution in [2.24, 2.45) is 0 Å². The Hall–Kier alpha value is -3.78. The monoisotopic (exact) mass is 447 g/mol. The van der Waals surface area contributed by atoms with E-state index < -0.39 is 0 Å². The lowest BCUT2D eigenvalue weighted by Crippen LogP contribution is -2.50. The smallest absolute Gasteiger partial charge is 0.246 e. The molecule has 0 saturated carbocycles. The normalized spacial score (nSPS) is 14.5. The van der Waals surface area contributed by atoms with Crippen LogP contribution in [0, 0.1) is 5.82 Å². The van der Waals surface area contributed by atoms with Crippen LogP contribution in [0.25, 0.3) is 23.0 Å². The number of piperazine rings is 1. The Morgan fingerprint density at radius 3 is 2.39 bits per heavy atom. The molecule has 7 nitrogen and oxygen atoms in total. The zero-order valence-electron chi connectivity index (χ0n) is 18.4. The number of hydrogen-bond acceptors (Lipinski definition) is 4. The number of hydrogen-bond donors (Lipinski definition) is 1. The van der Waals surface area contributed by atoms with Gasteiger partial charge in [-0.3, -0.25) is 14.5 Å². The van der Waals surface area contributed by atoms with Gasteiger partial charge in [0.15, 0.2) is 0 Å². The van der Waals surface area contributed by atoms with Crippen LogP contribution in [0.5, 0.6) is 0 Å². The van der Waals surface area contributed by atoms with Crippen molar-refractivity contribution in [2.45, 2.75) is 0 Å². The lowest BCUT2D eigenvalue weighted by Gasteiger charge is -2.33. The van der Waals surface area contributed by atoms with Crippen LogP contribution in [-0.4, -0.2) is 71.2 Å². The van der Waals surface area contributed by atoms with Crippen LogP contribution in [0.3, 0.4) is 0 Å². The predicted octanol–water partition coefficient (Wildman–Crippen LogP) is 2.58. The number of benzene rings is 2. The summed E-state index contributed by atoms with van der Waals surface area (Å²) in [5.74, 6) is -0.436. The highest BCUT2D eigenvalue weighted by molar-refractivity contribution is 5.93. The Labute approximate surface area is 192 Å². The van der Waals surface area contributed by atoms with Crippen LogP contribution >= 0.6 is 0 Å². The zero-order chi connectivity index (χ0) is 23.2. The Balaban J connectivity index is 1.52. The van der Waals surface area contributed by atoms with Gasteiger partial charge in [-0.15, -0.1) is 0 Å². The summed E-state index contributed by atoms with van der Waals surface area (Å²) < 4.78 is 15.2. The largest absolute Gasteiger partial charge is 0.358 e. The highest BCUT2D eigenvalue weighted by atomic mass is 19.1. The fraction of sp³-hybridized carbons (Fsp3) is 0.240. The lowest BCUT2D eigenvalue weighted by molar-refractivity contribution is -0.128. The highest BCUT2D eigenvalue weighted by Crippen LogP contribution is 2.25. The fourth-order valence-corrected chi connectivity index (χ4v) is 3.73. The topological polar surface area (TPSA) is 70.5 Å². The molecule has 170 valence electrons.